The van der Waals surface area contributed by atoms with Crippen LogP contribution in [0.15, 0.2) is 6.20 Å². The van der Waals surface area contributed by atoms with Gasteiger partial charge in [0, 0.05) is 0 Å². The van der Waals surface area contributed by atoms with Crippen LogP contribution in [0.3, 0.4) is 0 Å². The van der Waals surface area contributed by atoms with Crippen LogP contribution < -0.4 is 5.73 Å². The fourth-order valence-corrected chi connectivity index (χ4v) is 1.29. The zero-order valence-electron chi connectivity index (χ0n) is 7.22. The third-order valence-electron chi connectivity index (χ3n) is 1.81. The highest BCUT2D eigenvalue weighted by Gasteiger charge is 2.22. The van der Waals surface area contributed by atoms with Crippen LogP contribution in [-0.4, -0.2) is 10.2 Å². The summed E-state index contributed by atoms with van der Waals surface area (Å²) >= 11 is 5.16. The lowest BCUT2D eigenvalue weighted by atomic mass is 10.1. The molecule has 0 radical (unpaired) electrons. The van der Waals surface area contributed by atoms with E-state index in [1.165, 1.54) is 6.92 Å². The normalized spacial score (nSPS) is 10.6. The number of hydrogen-bond donors (Lipinski definition) is 1. The Bertz CT molecular complexity index is 382. The van der Waals surface area contributed by atoms with E-state index in [0.29, 0.717) is 0 Å². The van der Waals surface area contributed by atoms with Crippen molar-refractivity contribution in [2.45, 2.75) is 13.3 Å². The van der Waals surface area contributed by atoms with Crippen LogP contribution >= 0.6 is 11.6 Å². The number of nitrogens with zero attached hydrogens (tertiary/aromatic N) is 1. The molecular formula is C8H7ClF2N2O. The standard InChI is InChI=1S/C8H7ClF2N2O/c1-3-4(12)2-13-6(8(10)11)5(3)7(9)14/h2,8H,12H2,1H3. The van der Waals surface area contributed by atoms with Gasteiger partial charge in [-0.05, 0) is 24.1 Å². The molecule has 1 aromatic rings. The Hall–Kier alpha value is -1.23. The van der Waals surface area contributed by atoms with Gasteiger partial charge in [0.05, 0.1) is 17.4 Å². The van der Waals surface area contributed by atoms with Crippen molar-refractivity contribution >= 4 is 22.5 Å². The largest absolute Gasteiger partial charge is 0.397 e. The zero-order chi connectivity index (χ0) is 10.9. The van der Waals surface area contributed by atoms with Crippen molar-refractivity contribution in [2.24, 2.45) is 0 Å². The number of aromatic nitrogens is 1. The maximum Gasteiger partial charge on any atom is 0.281 e. The van der Waals surface area contributed by atoms with Crippen LogP contribution in [0, 0.1) is 6.92 Å². The van der Waals surface area contributed by atoms with Gasteiger partial charge in [-0.3, -0.25) is 9.78 Å². The topological polar surface area (TPSA) is 56.0 Å². The van der Waals surface area contributed by atoms with E-state index in [0.717, 1.165) is 6.20 Å². The summed E-state index contributed by atoms with van der Waals surface area (Å²) in [6.45, 7) is 1.44. The molecule has 0 saturated heterocycles. The molecule has 2 N–H and O–H groups in total. The Morgan fingerprint density at radius 3 is 2.64 bits per heavy atom. The molecule has 0 saturated carbocycles. The quantitative estimate of drug-likeness (QED) is 0.778. The summed E-state index contributed by atoms with van der Waals surface area (Å²) in [6, 6.07) is 0. The van der Waals surface area contributed by atoms with Crippen LogP contribution in [0.2, 0.25) is 0 Å². The van der Waals surface area contributed by atoms with Gasteiger partial charge < -0.3 is 5.73 Å². The lowest BCUT2D eigenvalue weighted by Gasteiger charge is -2.08. The third kappa shape index (κ3) is 1.82. The van der Waals surface area contributed by atoms with Crippen LogP contribution in [-0.2, 0) is 0 Å². The first-order valence-corrected chi connectivity index (χ1v) is 4.06. The predicted octanol–water partition coefficient (Wildman–Crippen LogP) is 2.29. The number of anilines is 1. The summed E-state index contributed by atoms with van der Waals surface area (Å²) < 4.78 is 24.8. The minimum atomic E-state index is -2.84. The molecule has 6 heteroatoms. The summed E-state index contributed by atoms with van der Waals surface area (Å²) in [5, 5.41) is -0.974. The van der Waals surface area contributed by atoms with Gasteiger partial charge in [0.25, 0.3) is 11.7 Å². The molecule has 3 nitrogen and oxygen atoms in total. The molecule has 0 amide bonds. The molecule has 0 atom stereocenters. The monoisotopic (exact) mass is 220 g/mol. The molecule has 0 fully saturated rings. The van der Waals surface area contributed by atoms with E-state index in [4.69, 9.17) is 17.3 Å². The minimum absolute atomic E-state index is 0.165. The van der Waals surface area contributed by atoms with E-state index < -0.39 is 17.4 Å². The van der Waals surface area contributed by atoms with Crippen molar-refractivity contribution in [1.82, 2.24) is 4.98 Å². The maximum atomic E-state index is 12.4. The van der Waals surface area contributed by atoms with E-state index in [2.05, 4.69) is 4.98 Å². The second-order valence-corrected chi connectivity index (χ2v) is 3.02. The summed E-state index contributed by atoms with van der Waals surface area (Å²) in [5.41, 5.74) is 4.87. The smallest absolute Gasteiger partial charge is 0.281 e. The number of carbonyl (C=O) groups excluding carboxylic acids is 1. The molecule has 1 aromatic heterocycles. The van der Waals surface area contributed by atoms with Crippen LogP contribution in [0.1, 0.15) is 28.0 Å². The highest BCUT2D eigenvalue weighted by Crippen LogP contribution is 2.27. The molecule has 0 aromatic carbocycles. The molecule has 1 rings (SSSR count). The summed E-state index contributed by atoms with van der Waals surface area (Å²) in [4.78, 5) is 14.3. The van der Waals surface area contributed by atoms with Gasteiger partial charge in [-0.2, -0.15) is 0 Å². The highest BCUT2D eigenvalue weighted by atomic mass is 35.5. The Morgan fingerprint density at radius 2 is 2.21 bits per heavy atom. The van der Waals surface area contributed by atoms with Gasteiger partial charge in [0.1, 0.15) is 5.69 Å². The summed E-state index contributed by atoms with van der Waals surface area (Å²) in [5.74, 6) is 0. The molecule has 76 valence electrons. The lowest BCUT2D eigenvalue weighted by molar-refractivity contribution is 0.106. The molecule has 1 heterocycles. The number of rotatable bonds is 2. The van der Waals surface area contributed by atoms with Crippen molar-refractivity contribution in [3.63, 3.8) is 0 Å². The Balaban J connectivity index is 3.45. The zero-order valence-corrected chi connectivity index (χ0v) is 7.98. The Labute approximate surface area is 83.9 Å². The minimum Gasteiger partial charge on any atom is -0.397 e. The fraction of sp³-hybridized carbons (Fsp3) is 0.250. The molecule has 14 heavy (non-hydrogen) atoms. The maximum absolute atomic E-state index is 12.4. The summed E-state index contributed by atoms with van der Waals surface area (Å²) in [6.07, 6.45) is -1.76. The molecule has 0 aliphatic carbocycles. The predicted molar refractivity (Wildman–Crippen MR) is 48.5 cm³/mol. The number of nitrogen functional groups attached to an aromatic ring is 1. The Kier molecular flexibility index (Phi) is 3.00. The molecule has 0 unspecified atom stereocenters. The van der Waals surface area contributed by atoms with Crippen molar-refractivity contribution < 1.29 is 13.6 Å². The number of pyridine rings is 1. The van der Waals surface area contributed by atoms with Gasteiger partial charge >= 0.3 is 0 Å². The number of hydrogen-bond acceptors (Lipinski definition) is 3. The average molecular weight is 221 g/mol. The van der Waals surface area contributed by atoms with Crippen molar-refractivity contribution in [1.29, 1.82) is 0 Å². The van der Waals surface area contributed by atoms with E-state index in [9.17, 15) is 13.6 Å². The molecule has 0 spiro atoms. The van der Waals surface area contributed by atoms with E-state index in [1.54, 1.807) is 0 Å². The van der Waals surface area contributed by atoms with E-state index in [1.807, 2.05) is 0 Å². The van der Waals surface area contributed by atoms with Gasteiger partial charge in [-0.15, -0.1) is 0 Å². The van der Waals surface area contributed by atoms with Crippen molar-refractivity contribution in [2.75, 3.05) is 5.73 Å². The fourth-order valence-electron chi connectivity index (χ4n) is 1.05. The SMILES string of the molecule is Cc1c(N)cnc(C(F)F)c1C(=O)Cl. The van der Waals surface area contributed by atoms with Crippen LogP contribution in [0.25, 0.3) is 0 Å². The van der Waals surface area contributed by atoms with Gasteiger partial charge in [-0.1, -0.05) is 0 Å². The van der Waals surface area contributed by atoms with E-state index >= 15 is 0 Å². The molecular weight excluding hydrogens is 214 g/mol. The number of alkyl halides is 2. The lowest BCUT2D eigenvalue weighted by Crippen LogP contribution is -2.07. The number of halogens is 3. The van der Waals surface area contributed by atoms with Gasteiger partial charge in [-0.25, -0.2) is 8.78 Å². The second-order valence-electron chi connectivity index (χ2n) is 2.67. The first kappa shape index (κ1) is 10.8. The highest BCUT2D eigenvalue weighted by molar-refractivity contribution is 6.68. The first-order valence-electron chi connectivity index (χ1n) is 3.68. The first-order chi connectivity index (χ1) is 6.45. The van der Waals surface area contributed by atoms with Gasteiger partial charge in [0.15, 0.2) is 0 Å². The van der Waals surface area contributed by atoms with Crippen LogP contribution in [0.5, 0.6) is 0 Å². The van der Waals surface area contributed by atoms with E-state index in [-0.39, 0.29) is 16.8 Å². The molecule has 0 bridgehead atoms. The van der Waals surface area contributed by atoms with Crippen molar-refractivity contribution in [3.8, 4) is 0 Å². The molecule has 0 aliphatic heterocycles. The number of carbonyl (C=O) groups is 1. The second kappa shape index (κ2) is 3.88. The average Bonchev–Trinajstić information content (AvgIpc) is 2.08. The third-order valence-corrected chi connectivity index (χ3v) is 2.00. The Morgan fingerprint density at radius 1 is 1.64 bits per heavy atom. The van der Waals surface area contributed by atoms with Crippen molar-refractivity contribution in [3.05, 3.63) is 23.0 Å². The summed E-state index contributed by atoms with van der Waals surface area (Å²) in [7, 11) is 0. The number of nitrogens with two attached hydrogens (primary N) is 1. The van der Waals surface area contributed by atoms with Crippen LogP contribution in [0.4, 0.5) is 14.5 Å². The van der Waals surface area contributed by atoms with Gasteiger partial charge in [0.2, 0.25) is 0 Å². The molecule has 0 aliphatic rings.